The third-order valence-corrected chi connectivity index (χ3v) is 3.21. The van der Waals surface area contributed by atoms with Crippen molar-refractivity contribution in [3.05, 3.63) is 12.7 Å². The normalized spacial score (nSPS) is 23.2. The van der Waals surface area contributed by atoms with Crippen LogP contribution in [0.1, 0.15) is 19.8 Å². The van der Waals surface area contributed by atoms with Crippen LogP contribution >= 0.6 is 12.4 Å². The van der Waals surface area contributed by atoms with Crippen LogP contribution in [0, 0.1) is 5.92 Å². The predicted octanol–water partition coefficient (Wildman–Crippen LogP) is 0.204. The highest BCUT2D eigenvalue weighted by Gasteiger charge is 2.22. The minimum absolute atomic E-state index is 0. The van der Waals surface area contributed by atoms with Gasteiger partial charge in [-0.3, -0.25) is 9.48 Å². The summed E-state index contributed by atoms with van der Waals surface area (Å²) in [4.78, 5) is 15.6. The number of aryl methyl sites for hydroxylation is 1. The fourth-order valence-electron chi connectivity index (χ4n) is 2.03. The molecule has 0 radical (unpaired) electrons. The number of hydrogen-bond acceptors (Lipinski definition) is 4. The molecule has 2 atom stereocenters. The van der Waals surface area contributed by atoms with E-state index in [2.05, 4.69) is 27.6 Å². The highest BCUT2D eigenvalue weighted by atomic mass is 35.5. The van der Waals surface area contributed by atoms with Gasteiger partial charge in [-0.05, 0) is 18.9 Å². The molecule has 2 unspecified atom stereocenters. The summed E-state index contributed by atoms with van der Waals surface area (Å²) in [6, 6.07) is 0.256. The van der Waals surface area contributed by atoms with Crippen molar-refractivity contribution in [2.45, 2.75) is 32.4 Å². The molecular weight excluding hydrogens is 254 g/mol. The van der Waals surface area contributed by atoms with Crippen LogP contribution in [-0.4, -0.2) is 39.8 Å². The summed E-state index contributed by atoms with van der Waals surface area (Å²) in [5.41, 5.74) is 0. The fraction of sp³-hybridized carbons (Fsp3) is 0.727. The van der Waals surface area contributed by atoms with Crippen LogP contribution in [0.2, 0.25) is 0 Å². The van der Waals surface area contributed by atoms with E-state index in [0.29, 0.717) is 18.9 Å². The minimum Gasteiger partial charge on any atom is -0.352 e. The monoisotopic (exact) mass is 273 g/mol. The Hall–Kier alpha value is -1.14. The zero-order valence-electron chi connectivity index (χ0n) is 10.5. The number of rotatable bonds is 4. The third kappa shape index (κ3) is 4.27. The molecule has 1 amide bonds. The van der Waals surface area contributed by atoms with Crippen LogP contribution in [0.25, 0.3) is 0 Å². The molecule has 7 heteroatoms. The molecule has 2 N–H and O–H groups in total. The van der Waals surface area contributed by atoms with Gasteiger partial charge in [-0.1, -0.05) is 6.92 Å². The quantitative estimate of drug-likeness (QED) is 0.822. The van der Waals surface area contributed by atoms with E-state index in [0.717, 1.165) is 19.5 Å². The van der Waals surface area contributed by atoms with Crippen molar-refractivity contribution in [3.63, 3.8) is 0 Å². The first-order valence-electron chi connectivity index (χ1n) is 6.08. The van der Waals surface area contributed by atoms with Gasteiger partial charge < -0.3 is 10.6 Å². The molecule has 0 bridgehead atoms. The van der Waals surface area contributed by atoms with Gasteiger partial charge >= 0.3 is 0 Å². The number of halogens is 1. The molecule has 1 aromatic rings. The number of piperidine rings is 1. The van der Waals surface area contributed by atoms with Gasteiger partial charge in [0.2, 0.25) is 5.91 Å². The first kappa shape index (κ1) is 14.9. The van der Waals surface area contributed by atoms with Crippen molar-refractivity contribution in [1.82, 2.24) is 25.4 Å². The van der Waals surface area contributed by atoms with E-state index in [-0.39, 0.29) is 24.4 Å². The highest BCUT2D eigenvalue weighted by Crippen LogP contribution is 2.11. The van der Waals surface area contributed by atoms with E-state index in [1.165, 1.54) is 6.33 Å². The molecule has 0 aromatic carbocycles. The van der Waals surface area contributed by atoms with E-state index >= 15 is 0 Å². The second kappa shape index (κ2) is 7.33. The van der Waals surface area contributed by atoms with Gasteiger partial charge in [0.05, 0.1) is 6.54 Å². The van der Waals surface area contributed by atoms with Crippen molar-refractivity contribution in [3.8, 4) is 0 Å². The lowest BCUT2D eigenvalue weighted by molar-refractivity contribution is -0.122. The van der Waals surface area contributed by atoms with Gasteiger partial charge in [-0.15, -0.1) is 12.4 Å². The Labute approximate surface area is 113 Å². The van der Waals surface area contributed by atoms with Gasteiger partial charge in [-0.25, -0.2) is 4.98 Å². The molecule has 0 aliphatic carbocycles. The standard InChI is InChI=1S/C11H19N5O.ClH/c1-9-2-4-12-6-10(9)15-11(17)3-5-16-8-13-7-14-16;/h7-10,12H,2-6H2,1H3,(H,15,17);1H. The van der Waals surface area contributed by atoms with Gasteiger partial charge in [-0.2, -0.15) is 5.10 Å². The van der Waals surface area contributed by atoms with Crippen LogP contribution in [0.5, 0.6) is 0 Å². The first-order valence-corrected chi connectivity index (χ1v) is 6.08. The Morgan fingerprint density at radius 3 is 3.11 bits per heavy atom. The van der Waals surface area contributed by atoms with Crippen LogP contribution in [0.4, 0.5) is 0 Å². The van der Waals surface area contributed by atoms with Crippen molar-refractivity contribution >= 4 is 18.3 Å². The Bertz CT molecular complexity index is 356. The average molecular weight is 274 g/mol. The van der Waals surface area contributed by atoms with E-state index in [4.69, 9.17) is 0 Å². The molecule has 1 fully saturated rings. The van der Waals surface area contributed by atoms with Gasteiger partial charge in [0.15, 0.2) is 0 Å². The Morgan fingerprint density at radius 2 is 2.44 bits per heavy atom. The maximum absolute atomic E-state index is 11.8. The lowest BCUT2D eigenvalue weighted by Crippen LogP contribution is -2.50. The maximum Gasteiger partial charge on any atom is 0.222 e. The summed E-state index contributed by atoms with van der Waals surface area (Å²) in [6.45, 7) is 4.69. The van der Waals surface area contributed by atoms with Gasteiger partial charge in [0.25, 0.3) is 0 Å². The van der Waals surface area contributed by atoms with Gasteiger partial charge in [0, 0.05) is 19.0 Å². The number of carbonyl (C=O) groups is 1. The molecule has 2 rings (SSSR count). The lowest BCUT2D eigenvalue weighted by Gasteiger charge is -2.30. The Balaban J connectivity index is 0.00000162. The summed E-state index contributed by atoms with van der Waals surface area (Å²) in [7, 11) is 0. The molecule has 1 aliphatic heterocycles. The molecule has 6 nitrogen and oxygen atoms in total. The van der Waals surface area contributed by atoms with Crippen LogP contribution in [0.15, 0.2) is 12.7 Å². The second-order valence-electron chi connectivity index (χ2n) is 4.55. The van der Waals surface area contributed by atoms with E-state index in [1.54, 1.807) is 11.0 Å². The van der Waals surface area contributed by atoms with Crippen LogP contribution in [0.3, 0.4) is 0 Å². The maximum atomic E-state index is 11.8. The summed E-state index contributed by atoms with van der Waals surface area (Å²) in [5.74, 6) is 0.632. The number of carbonyl (C=O) groups excluding carboxylic acids is 1. The van der Waals surface area contributed by atoms with Crippen LogP contribution < -0.4 is 10.6 Å². The number of amides is 1. The summed E-state index contributed by atoms with van der Waals surface area (Å²) < 4.78 is 1.67. The SMILES string of the molecule is CC1CCNCC1NC(=O)CCn1cncn1.Cl. The molecule has 2 heterocycles. The lowest BCUT2D eigenvalue weighted by atomic mass is 9.95. The molecule has 18 heavy (non-hydrogen) atoms. The fourth-order valence-corrected chi connectivity index (χ4v) is 2.03. The number of aromatic nitrogens is 3. The minimum atomic E-state index is 0. The van der Waals surface area contributed by atoms with Crippen molar-refractivity contribution in [1.29, 1.82) is 0 Å². The zero-order valence-corrected chi connectivity index (χ0v) is 11.3. The molecule has 0 saturated carbocycles. The molecule has 1 aromatic heterocycles. The van der Waals surface area contributed by atoms with E-state index in [9.17, 15) is 4.79 Å². The Kier molecular flexibility index (Phi) is 6.07. The second-order valence-corrected chi connectivity index (χ2v) is 4.55. The van der Waals surface area contributed by atoms with E-state index in [1.807, 2.05) is 0 Å². The Morgan fingerprint density at radius 1 is 1.61 bits per heavy atom. The molecule has 1 saturated heterocycles. The van der Waals surface area contributed by atoms with E-state index < -0.39 is 0 Å². The largest absolute Gasteiger partial charge is 0.352 e. The van der Waals surface area contributed by atoms with Crippen molar-refractivity contribution in [2.24, 2.45) is 5.92 Å². The zero-order chi connectivity index (χ0) is 12.1. The number of nitrogens with zero attached hydrogens (tertiary/aromatic N) is 3. The molecular formula is C11H20ClN5O. The van der Waals surface area contributed by atoms with Crippen molar-refractivity contribution < 1.29 is 4.79 Å². The molecule has 1 aliphatic rings. The van der Waals surface area contributed by atoms with Crippen LogP contribution in [-0.2, 0) is 11.3 Å². The highest BCUT2D eigenvalue weighted by molar-refractivity contribution is 5.85. The predicted molar refractivity (Wildman–Crippen MR) is 70.5 cm³/mol. The summed E-state index contributed by atoms with van der Waals surface area (Å²) in [6.07, 6.45) is 4.67. The molecule has 102 valence electrons. The first-order chi connectivity index (χ1) is 8.25. The third-order valence-electron chi connectivity index (χ3n) is 3.21. The molecule has 0 spiro atoms. The summed E-state index contributed by atoms with van der Waals surface area (Å²) in [5, 5.41) is 10.3. The average Bonchev–Trinajstić information content (AvgIpc) is 2.82. The smallest absolute Gasteiger partial charge is 0.222 e. The number of hydrogen-bond donors (Lipinski definition) is 2. The van der Waals surface area contributed by atoms with Gasteiger partial charge in [0.1, 0.15) is 12.7 Å². The topological polar surface area (TPSA) is 71.8 Å². The number of nitrogens with one attached hydrogen (secondary N) is 2. The summed E-state index contributed by atoms with van der Waals surface area (Å²) >= 11 is 0. The van der Waals surface area contributed by atoms with Crippen molar-refractivity contribution in [2.75, 3.05) is 13.1 Å².